The number of carboxylic acid groups (broad SMARTS) is 1. The quantitative estimate of drug-likeness (QED) is 0.914. The van der Waals surface area contributed by atoms with Crippen molar-refractivity contribution in [2.24, 2.45) is 0 Å². The molecule has 0 heterocycles. The van der Waals surface area contributed by atoms with Gasteiger partial charge in [0.1, 0.15) is 18.1 Å². The molecule has 0 amide bonds. The summed E-state index contributed by atoms with van der Waals surface area (Å²) in [6.45, 7) is 0.282. The first kappa shape index (κ1) is 14.2. The molecular weight excluding hydrogens is 280 g/mol. The number of carboxylic acids is 1. The van der Waals surface area contributed by atoms with Crippen LogP contribution < -0.4 is 9.47 Å². The number of hydrogen-bond donors (Lipinski definition) is 1. The van der Waals surface area contributed by atoms with Crippen molar-refractivity contribution in [3.05, 3.63) is 58.6 Å². The standard InChI is InChI=1S/C15H13ClO4/c1-19-14-8-10(15(17)18)2-3-11(14)9-20-13-6-4-12(16)5-7-13/h2-8H,9H2,1H3,(H,17,18). The van der Waals surface area contributed by atoms with Crippen LogP contribution in [0.3, 0.4) is 0 Å². The lowest BCUT2D eigenvalue weighted by Crippen LogP contribution is -2.02. The van der Waals surface area contributed by atoms with Gasteiger partial charge in [0.2, 0.25) is 0 Å². The summed E-state index contributed by atoms with van der Waals surface area (Å²) >= 11 is 5.79. The van der Waals surface area contributed by atoms with Crippen molar-refractivity contribution in [1.29, 1.82) is 0 Å². The molecule has 0 bridgehead atoms. The van der Waals surface area contributed by atoms with E-state index in [-0.39, 0.29) is 12.2 Å². The number of aromatic carboxylic acids is 1. The number of halogens is 1. The highest BCUT2D eigenvalue weighted by molar-refractivity contribution is 6.30. The fourth-order valence-corrected chi connectivity index (χ4v) is 1.81. The highest BCUT2D eigenvalue weighted by atomic mass is 35.5. The van der Waals surface area contributed by atoms with Crippen LogP contribution in [0.1, 0.15) is 15.9 Å². The number of methoxy groups -OCH3 is 1. The van der Waals surface area contributed by atoms with Gasteiger partial charge in [0.05, 0.1) is 12.7 Å². The summed E-state index contributed by atoms with van der Waals surface area (Å²) in [6.07, 6.45) is 0. The maximum Gasteiger partial charge on any atom is 0.335 e. The highest BCUT2D eigenvalue weighted by Crippen LogP contribution is 2.23. The lowest BCUT2D eigenvalue weighted by molar-refractivity contribution is 0.0696. The number of ether oxygens (including phenoxy) is 2. The van der Waals surface area contributed by atoms with Crippen LogP contribution in [-0.4, -0.2) is 18.2 Å². The predicted octanol–water partition coefficient (Wildman–Crippen LogP) is 3.63. The van der Waals surface area contributed by atoms with Crippen molar-refractivity contribution in [3.63, 3.8) is 0 Å². The molecule has 0 atom stereocenters. The van der Waals surface area contributed by atoms with Crippen molar-refractivity contribution >= 4 is 17.6 Å². The minimum absolute atomic E-state index is 0.178. The zero-order chi connectivity index (χ0) is 14.5. The smallest absolute Gasteiger partial charge is 0.335 e. The van der Waals surface area contributed by atoms with E-state index in [1.807, 2.05) is 0 Å². The largest absolute Gasteiger partial charge is 0.496 e. The first-order valence-electron chi connectivity index (χ1n) is 5.88. The minimum Gasteiger partial charge on any atom is -0.496 e. The molecule has 2 aromatic rings. The van der Waals surface area contributed by atoms with Crippen molar-refractivity contribution < 1.29 is 19.4 Å². The van der Waals surface area contributed by atoms with Gasteiger partial charge in [-0.2, -0.15) is 0 Å². The first-order chi connectivity index (χ1) is 9.60. The Morgan fingerprint density at radius 3 is 2.50 bits per heavy atom. The Morgan fingerprint density at radius 2 is 1.90 bits per heavy atom. The second-order valence-corrected chi connectivity index (χ2v) is 4.51. The molecule has 2 rings (SSSR count). The SMILES string of the molecule is COc1cc(C(=O)O)ccc1COc1ccc(Cl)cc1. The van der Waals surface area contributed by atoms with E-state index >= 15 is 0 Å². The van der Waals surface area contributed by atoms with E-state index in [1.165, 1.54) is 19.2 Å². The molecule has 0 spiro atoms. The summed E-state index contributed by atoms with van der Waals surface area (Å²) < 4.78 is 10.8. The summed E-state index contributed by atoms with van der Waals surface area (Å²) in [6, 6.07) is 11.7. The molecular formula is C15H13ClO4. The van der Waals surface area contributed by atoms with Crippen LogP contribution in [0.5, 0.6) is 11.5 Å². The number of hydrogen-bond acceptors (Lipinski definition) is 3. The van der Waals surface area contributed by atoms with Crippen molar-refractivity contribution in [3.8, 4) is 11.5 Å². The lowest BCUT2D eigenvalue weighted by Gasteiger charge is -2.11. The zero-order valence-corrected chi connectivity index (χ0v) is 11.6. The summed E-state index contributed by atoms with van der Waals surface area (Å²) in [4.78, 5) is 10.9. The summed E-state index contributed by atoms with van der Waals surface area (Å²) in [5, 5.41) is 9.57. The third-order valence-electron chi connectivity index (χ3n) is 2.74. The molecule has 4 nitrogen and oxygen atoms in total. The molecule has 0 aliphatic heterocycles. The Morgan fingerprint density at radius 1 is 1.20 bits per heavy atom. The third-order valence-corrected chi connectivity index (χ3v) is 2.99. The van der Waals surface area contributed by atoms with E-state index in [2.05, 4.69) is 0 Å². The van der Waals surface area contributed by atoms with Crippen LogP contribution in [0.2, 0.25) is 5.02 Å². The monoisotopic (exact) mass is 292 g/mol. The Balaban J connectivity index is 2.12. The minimum atomic E-state index is -0.992. The molecule has 5 heteroatoms. The van der Waals surface area contributed by atoms with Gasteiger partial charge in [-0.05, 0) is 36.4 Å². The van der Waals surface area contributed by atoms with Gasteiger partial charge in [-0.15, -0.1) is 0 Å². The fourth-order valence-electron chi connectivity index (χ4n) is 1.69. The second-order valence-electron chi connectivity index (χ2n) is 4.07. The van der Waals surface area contributed by atoms with E-state index in [9.17, 15) is 4.79 Å². The number of rotatable bonds is 5. The topological polar surface area (TPSA) is 55.8 Å². The Kier molecular flexibility index (Phi) is 4.48. The number of benzene rings is 2. The molecule has 0 radical (unpaired) electrons. The first-order valence-corrected chi connectivity index (χ1v) is 6.26. The van der Waals surface area contributed by atoms with Crippen LogP contribution in [0, 0.1) is 0 Å². The third kappa shape index (κ3) is 3.42. The van der Waals surface area contributed by atoms with E-state index in [4.69, 9.17) is 26.2 Å². The molecule has 0 fully saturated rings. The van der Waals surface area contributed by atoms with Crippen LogP contribution in [-0.2, 0) is 6.61 Å². The van der Waals surface area contributed by atoms with Gasteiger partial charge in [0, 0.05) is 10.6 Å². The van der Waals surface area contributed by atoms with Crippen molar-refractivity contribution in [2.45, 2.75) is 6.61 Å². The van der Waals surface area contributed by atoms with Crippen molar-refractivity contribution in [2.75, 3.05) is 7.11 Å². The van der Waals surface area contributed by atoms with E-state index < -0.39 is 5.97 Å². The average Bonchev–Trinajstić information content (AvgIpc) is 2.46. The maximum atomic E-state index is 10.9. The van der Waals surface area contributed by atoms with E-state index in [0.29, 0.717) is 16.5 Å². The molecule has 0 saturated carbocycles. The zero-order valence-electron chi connectivity index (χ0n) is 10.8. The number of carbonyl (C=O) groups is 1. The molecule has 1 N–H and O–H groups in total. The van der Waals surface area contributed by atoms with Gasteiger partial charge < -0.3 is 14.6 Å². The average molecular weight is 293 g/mol. The second kappa shape index (κ2) is 6.30. The van der Waals surface area contributed by atoms with Gasteiger partial charge in [-0.3, -0.25) is 0 Å². The molecule has 20 heavy (non-hydrogen) atoms. The maximum absolute atomic E-state index is 10.9. The normalized spacial score (nSPS) is 10.1. The molecule has 0 saturated heterocycles. The van der Waals surface area contributed by atoms with Crippen LogP contribution >= 0.6 is 11.6 Å². The van der Waals surface area contributed by atoms with Crippen LogP contribution in [0.25, 0.3) is 0 Å². The Hall–Kier alpha value is -2.20. The molecule has 0 unspecified atom stereocenters. The Labute approximate surface area is 121 Å². The van der Waals surface area contributed by atoms with Gasteiger partial charge in [0.25, 0.3) is 0 Å². The van der Waals surface area contributed by atoms with Gasteiger partial charge in [0.15, 0.2) is 0 Å². The van der Waals surface area contributed by atoms with Crippen LogP contribution in [0.4, 0.5) is 0 Å². The van der Waals surface area contributed by atoms with Gasteiger partial charge in [-0.25, -0.2) is 4.79 Å². The van der Waals surface area contributed by atoms with E-state index in [0.717, 1.165) is 5.56 Å². The van der Waals surface area contributed by atoms with E-state index in [1.54, 1.807) is 30.3 Å². The molecule has 0 aliphatic rings. The molecule has 2 aromatic carbocycles. The Bertz CT molecular complexity index is 608. The molecule has 0 aromatic heterocycles. The van der Waals surface area contributed by atoms with Crippen LogP contribution in [0.15, 0.2) is 42.5 Å². The summed E-state index contributed by atoms with van der Waals surface area (Å²) in [5.74, 6) is 0.172. The molecule has 104 valence electrons. The fraction of sp³-hybridized carbons (Fsp3) is 0.133. The molecule has 0 aliphatic carbocycles. The summed E-state index contributed by atoms with van der Waals surface area (Å²) in [7, 11) is 1.49. The lowest BCUT2D eigenvalue weighted by atomic mass is 10.1. The van der Waals surface area contributed by atoms with Crippen molar-refractivity contribution in [1.82, 2.24) is 0 Å². The predicted molar refractivity (Wildman–Crippen MR) is 75.7 cm³/mol. The highest BCUT2D eigenvalue weighted by Gasteiger charge is 2.09. The van der Waals surface area contributed by atoms with Gasteiger partial charge >= 0.3 is 5.97 Å². The summed E-state index contributed by atoms with van der Waals surface area (Å²) in [5.41, 5.74) is 0.949. The van der Waals surface area contributed by atoms with Gasteiger partial charge in [-0.1, -0.05) is 17.7 Å².